The quantitative estimate of drug-likeness (QED) is 0.502. The van der Waals surface area contributed by atoms with E-state index in [9.17, 15) is 9.59 Å². The van der Waals surface area contributed by atoms with Crippen molar-refractivity contribution >= 4 is 5.97 Å². The molecule has 0 radical (unpaired) electrons. The number of rotatable bonds is 2. The zero-order valence-corrected chi connectivity index (χ0v) is 7.34. The van der Waals surface area contributed by atoms with Crippen LogP contribution < -0.4 is 11.3 Å². The second-order valence-electron chi connectivity index (χ2n) is 3.36. The maximum Gasteiger partial charge on any atom is 0.343 e. The minimum absolute atomic E-state index is 0.199. The molecule has 1 heterocycles. The molecule has 5 N–H and O–H groups in total. The number of carboxylic acids is 1. The molecule has 72 valence electrons. The molecular weight excluding hydrogens is 174 g/mol. The summed E-state index contributed by atoms with van der Waals surface area (Å²) in [7, 11) is 0. The van der Waals surface area contributed by atoms with Crippen LogP contribution in [0.3, 0.4) is 0 Å². The van der Waals surface area contributed by atoms with Crippen molar-refractivity contribution < 1.29 is 9.90 Å². The molecule has 0 spiro atoms. The highest BCUT2D eigenvalue weighted by Gasteiger charge is 2.26. The standard InChI is InChI=1S/C7H11N3O3/c1-7(2,8)4-3(6(12)13)5(11)10-9-4/h8H2,1-2H3,(H,12,13)(H2,9,10,11). The van der Waals surface area contributed by atoms with Crippen LogP contribution in [0.5, 0.6) is 0 Å². The minimum atomic E-state index is -1.28. The number of carboxylic acid groups (broad SMARTS) is 1. The van der Waals surface area contributed by atoms with Crippen molar-refractivity contribution in [3.8, 4) is 0 Å². The van der Waals surface area contributed by atoms with Gasteiger partial charge in [0.05, 0.1) is 11.2 Å². The summed E-state index contributed by atoms with van der Waals surface area (Å²) < 4.78 is 0. The Kier molecular flexibility index (Phi) is 2.01. The van der Waals surface area contributed by atoms with Gasteiger partial charge in [0.2, 0.25) is 0 Å². The highest BCUT2D eigenvalue weighted by atomic mass is 16.4. The van der Waals surface area contributed by atoms with Gasteiger partial charge in [-0.15, -0.1) is 0 Å². The summed E-state index contributed by atoms with van der Waals surface area (Å²) in [5.41, 5.74) is 3.98. The molecule has 0 saturated heterocycles. The van der Waals surface area contributed by atoms with E-state index in [-0.39, 0.29) is 11.3 Å². The first kappa shape index (κ1) is 9.53. The van der Waals surface area contributed by atoms with Crippen molar-refractivity contribution in [3.63, 3.8) is 0 Å². The molecule has 1 rings (SSSR count). The average Bonchev–Trinajstić information content (AvgIpc) is 2.28. The average molecular weight is 185 g/mol. The smallest absolute Gasteiger partial charge is 0.343 e. The Morgan fingerprint density at radius 2 is 2.00 bits per heavy atom. The Bertz CT molecular complexity index is 382. The molecule has 0 aliphatic heterocycles. The van der Waals surface area contributed by atoms with Gasteiger partial charge >= 0.3 is 5.97 Å². The van der Waals surface area contributed by atoms with Gasteiger partial charge in [0.15, 0.2) is 0 Å². The van der Waals surface area contributed by atoms with Crippen LogP contribution in [0.25, 0.3) is 0 Å². The van der Waals surface area contributed by atoms with Crippen molar-refractivity contribution in [1.29, 1.82) is 0 Å². The number of hydrogen-bond donors (Lipinski definition) is 4. The predicted molar refractivity (Wildman–Crippen MR) is 45.6 cm³/mol. The Morgan fingerprint density at radius 3 is 2.31 bits per heavy atom. The van der Waals surface area contributed by atoms with Crippen molar-refractivity contribution in [2.24, 2.45) is 5.73 Å². The van der Waals surface area contributed by atoms with Crippen LogP contribution in [0.15, 0.2) is 4.79 Å². The monoisotopic (exact) mass is 185 g/mol. The first-order valence-corrected chi connectivity index (χ1v) is 3.67. The van der Waals surface area contributed by atoms with E-state index in [4.69, 9.17) is 10.8 Å². The molecule has 0 aliphatic carbocycles. The number of nitrogens with two attached hydrogens (primary N) is 1. The number of aromatic carboxylic acids is 1. The van der Waals surface area contributed by atoms with Crippen LogP contribution in [0, 0.1) is 0 Å². The molecule has 1 aromatic rings. The predicted octanol–water partition coefficient (Wildman–Crippen LogP) is -0.405. The Morgan fingerprint density at radius 1 is 1.46 bits per heavy atom. The molecular formula is C7H11N3O3. The second kappa shape index (κ2) is 2.74. The first-order chi connectivity index (χ1) is 5.84. The molecule has 6 nitrogen and oxygen atoms in total. The maximum absolute atomic E-state index is 11.0. The lowest BCUT2D eigenvalue weighted by Crippen LogP contribution is -2.32. The van der Waals surface area contributed by atoms with E-state index in [1.54, 1.807) is 13.8 Å². The molecule has 0 aliphatic rings. The summed E-state index contributed by atoms with van der Waals surface area (Å²) in [5, 5.41) is 13.3. The highest BCUT2D eigenvalue weighted by molar-refractivity contribution is 5.88. The minimum Gasteiger partial charge on any atom is -0.477 e. The van der Waals surface area contributed by atoms with Crippen molar-refractivity contribution in [2.75, 3.05) is 0 Å². The van der Waals surface area contributed by atoms with Crippen LogP contribution in [0.1, 0.15) is 29.9 Å². The van der Waals surface area contributed by atoms with E-state index in [0.717, 1.165) is 0 Å². The van der Waals surface area contributed by atoms with E-state index in [2.05, 4.69) is 10.2 Å². The third-order valence-corrected chi connectivity index (χ3v) is 1.64. The van der Waals surface area contributed by atoms with E-state index < -0.39 is 17.1 Å². The van der Waals surface area contributed by atoms with Crippen molar-refractivity contribution in [1.82, 2.24) is 10.2 Å². The van der Waals surface area contributed by atoms with Gasteiger partial charge in [-0.05, 0) is 13.8 Å². The SMILES string of the molecule is CC(C)(N)c1[nH][nH]c(=O)c1C(=O)O. The Balaban J connectivity index is 3.40. The van der Waals surface area contributed by atoms with E-state index in [1.807, 2.05) is 0 Å². The molecule has 0 amide bonds. The molecule has 0 aromatic carbocycles. The number of H-pyrrole nitrogens is 2. The molecule has 0 atom stereocenters. The van der Waals surface area contributed by atoms with E-state index in [1.165, 1.54) is 0 Å². The van der Waals surface area contributed by atoms with Gasteiger partial charge in [-0.1, -0.05) is 0 Å². The molecule has 0 bridgehead atoms. The summed E-state index contributed by atoms with van der Waals surface area (Å²) in [6, 6.07) is 0. The molecule has 13 heavy (non-hydrogen) atoms. The number of nitrogens with one attached hydrogen (secondary N) is 2. The van der Waals surface area contributed by atoms with Gasteiger partial charge < -0.3 is 10.8 Å². The summed E-state index contributed by atoms with van der Waals surface area (Å²) in [6.07, 6.45) is 0. The summed E-state index contributed by atoms with van der Waals surface area (Å²) in [4.78, 5) is 21.7. The Hall–Kier alpha value is -1.56. The lowest BCUT2D eigenvalue weighted by Gasteiger charge is -2.16. The summed E-state index contributed by atoms with van der Waals surface area (Å²) in [5.74, 6) is -1.28. The molecule has 1 aromatic heterocycles. The summed E-state index contributed by atoms with van der Waals surface area (Å²) in [6.45, 7) is 3.22. The normalized spacial score (nSPS) is 11.6. The fraction of sp³-hybridized carbons (Fsp3) is 0.429. The molecule has 0 saturated carbocycles. The molecule has 0 unspecified atom stereocenters. The van der Waals surface area contributed by atoms with Gasteiger partial charge in [0.1, 0.15) is 5.56 Å². The Labute approximate surface area is 73.7 Å². The summed E-state index contributed by atoms with van der Waals surface area (Å²) >= 11 is 0. The van der Waals surface area contributed by atoms with Gasteiger partial charge in [-0.3, -0.25) is 15.0 Å². The van der Waals surface area contributed by atoms with Gasteiger partial charge in [0, 0.05) is 0 Å². The highest BCUT2D eigenvalue weighted by Crippen LogP contribution is 2.15. The first-order valence-electron chi connectivity index (χ1n) is 3.67. The fourth-order valence-corrected chi connectivity index (χ4v) is 1.05. The third-order valence-electron chi connectivity index (χ3n) is 1.64. The number of aromatic amines is 2. The van der Waals surface area contributed by atoms with Crippen LogP contribution >= 0.6 is 0 Å². The number of carbonyl (C=O) groups is 1. The fourth-order valence-electron chi connectivity index (χ4n) is 1.05. The third kappa shape index (κ3) is 1.62. The molecule has 0 fully saturated rings. The van der Waals surface area contributed by atoms with Crippen LogP contribution in [-0.4, -0.2) is 21.3 Å². The van der Waals surface area contributed by atoms with Gasteiger partial charge in [0.25, 0.3) is 5.56 Å². The zero-order valence-electron chi connectivity index (χ0n) is 7.34. The molecule has 6 heteroatoms. The van der Waals surface area contributed by atoms with Crippen LogP contribution in [0.2, 0.25) is 0 Å². The van der Waals surface area contributed by atoms with Gasteiger partial charge in [-0.25, -0.2) is 4.79 Å². The second-order valence-corrected chi connectivity index (χ2v) is 3.36. The topological polar surface area (TPSA) is 112 Å². The maximum atomic E-state index is 11.0. The van der Waals surface area contributed by atoms with Crippen molar-refractivity contribution in [2.45, 2.75) is 19.4 Å². The lowest BCUT2D eigenvalue weighted by molar-refractivity contribution is 0.0692. The largest absolute Gasteiger partial charge is 0.477 e. The van der Waals surface area contributed by atoms with Crippen LogP contribution in [0.4, 0.5) is 0 Å². The van der Waals surface area contributed by atoms with Crippen LogP contribution in [-0.2, 0) is 5.54 Å². The number of aromatic nitrogens is 2. The van der Waals surface area contributed by atoms with E-state index >= 15 is 0 Å². The van der Waals surface area contributed by atoms with Crippen molar-refractivity contribution in [3.05, 3.63) is 21.6 Å². The zero-order chi connectivity index (χ0) is 10.2. The van der Waals surface area contributed by atoms with Gasteiger partial charge in [-0.2, -0.15) is 0 Å². The lowest BCUT2D eigenvalue weighted by atomic mass is 9.99. The number of hydrogen-bond acceptors (Lipinski definition) is 3. The van der Waals surface area contributed by atoms with E-state index in [0.29, 0.717) is 0 Å².